The molecule has 2 aromatic heterocycles. The van der Waals surface area contributed by atoms with Gasteiger partial charge in [0.1, 0.15) is 5.82 Å². The van der Waals surface area contributed by atoms with E-state index in [1.54, 1.807) is 37.3 Å². The molecular formula is C25H25F3N4O4. The summed E-state index contributed by atoms with van der Waals surface area (Å²) in [5.74, 6) is -2.08. The molecule has 0 aliphatic carbocycles. The summed E-state index contributed by atoms with van der Waals surface area (Å²) in [4.78, 5) is 34.6. The van der Waals surface area contributed by atoms with Gasteiger partial charge in [0, 0.05) is 25.1 Å². The van der Waals surface area contributed by atoms with E-state index < -0.39 is 23.5 Å². The molecule has 1 N–H and O–H groups in total. The number of anilines is 2. The lowest BCUT2D eigenvalue weighted by atomic mass is 9.93. The highest BCUT2D eigenvalue weighted by atomic mass is 19.4. The summed E-state index contributed by atoms with van der Waals surface area (Å²) in [5.41, 5.74) is -0.313. The fraction of sp³-hybridized carbons (Fsp3) is 0.360. The number of pyridine rings is 1. The lowest BCUT2D eigenvalue weighted by Crippen LogP contribution is -2.35. The van der Waals surface area contributed by atoms with Gasteiger partial charge in [-0.2, -0.15) is 13.2 Å². The molecule has 0 saturated carbocycles. The average Bonchev–Trinajstić information content (AvgIpc) is 3.33. The number of hydrogen-bond acceptors (Lipinski definition) is 7. The van der Waals surface area contributed by atoms with Gasteiger partial charge in [0.2, 0.25) is 11.7 Å². The van der Waals surface area contributed by atoms with Crippen LogP contribution in [0, 0.1) is 5.92 Å². The van der Waals surface area contributed by atoms with Crippen molar-refractivity contribution in [3.63, 3.8) is 0 Å². The fourth-order valence-corrected chi connectivity index (χ4v) is 4.03. The van der Waals surface area contributed by atoms with E-state index in [-0.39, 0.29) is 23.5 Å². The predicted molar refractivity (Wildman–Crippen MR) is 125 cm³/mol. The molecule has 1 fully saturated rings. The molecule has 1 aromatic carbocycles. The highest BCUT2D eigenvalue weighted by Crippen LogP contribution is 2.35. The van der Waals surface area contributed by atoms with Crippen molar-refractivity contribution in [1.82, 2.24) is 9.97 Å². The molecule has 0 spiro atoms. The van der Waals surface area contributed by atoms with Crippen molar-refractivity contribution in [1.29, 1.82) is 0 Å². The minimum atomic E-state index is -4.89. The number of carbonyl (C=O) groups excluding carboxylic acids is 2. The lowest BCUT2D eigenvalue weighted by Gasteiger charge is -2.32. The van der Waals surface area contributed by atoms with Gasteiger partial charge in [0.15, 0.2) is 5.69 Å². The standard InChI is InChI=1S/C25H25F3N4O4/c1-2-35-20(33)14-16-10-12-32(13-11-16)19-9-8-18(15-29-19)30-23(34)21-22(25(26,27)28)36-24(31-21)17-6-4-3-5-7-17/h3-9,15-16H,2,10-14H2,1H3,(H,30,34). The number of hydrogen-bond donors (Lipinski definition) is 1. The number of aromatic nitrogens is 2. The van der Waals surface area contributed by atoms with E-state index >= 15 is 0 Å². The molecule has 3 heterocycles. The first-order valence-corrected chi connectivity index (χ1v) is 11.6. The molecule has 8 nitrogen and oxygen atoms in total. The number of piperidine rings is 1. The zero-order valence-corrected chi connectivity index (χ0v) is 19.5. The number of benzene rings is 1. The fourth-order valence-electron chi connectivity index (χ4n) is 4.03. The van der Waals surface area contributed by atoms with Crippen LogP contribution < -0.4 is 10.2 Å². The number of ether oxygens (including phenoxy) is 1. The SMILES string of the molecule is CCOC(=O)CC1CCN(c2ccc(NC(=O)c3nc(-c4ccccc4)oc3C(F)(F)F)cn2)CC1. The molecule has 1 amide bonds. The normalized spacial score (nSPS) is 14.5. The molecule has 1 saturated heterocycles. The van der Waals surface area contributed by atoms with Crippen molar-refractivity contribution in [3.8, 4) is 11.5 Å². The Morgan fingerprint density at radius 2 is 1.86 bits per heavy atom. The van der Waals surface area contributed by atoms with Gasteiger partial charge in [0.25, 0.3) is 5.91 Å². The maximum Gasteiger partial charge on any atom is 0.452 e. The van der Waals surface area contributed by atoms with Crippen LogP contribution in [0.4, 0.5) is 24.7 Å². The molecule has 36 heavy (non-hydrogen) atoms. The Morgan fingerprint density at radius 1 is 1.14 bits per heavy atom. The first-order chi connectivity index (χ1) is 17.2. The van der Waals surface area contributed by atoms with E-state index in [9.17, 15) is 22.8 Å². The van der Waals surface area contributed by atoms with Gasteiger partial charge in [-0.3, -0.25) is 9.59 Å². The van der Waals surface area contributed by atoms with Gasteiger partial charge in [-0.05, 0) is 49.9 Å². The first-order valence-electron chi connectivity index (χ1n) is 11.6. The Bertz CT molecular complexity index is 1190. The summed E-state index contributed by atoms with van der Waals surface area (Å²) in [6, 6.07) is 11.3. The lowest BCUT2D eigenvalue weighted by molar-refractivity contribution is -0.153. The summed E-state index contributed by atoms with van der Waals surface area (Å²) in [7, 11) is 0. The number of halogens is 3. The molecule has 0 bridgehead atoms. The maximum absolute atomic E-state index is 13.5. The number of rotatable bonds is 7. The van der Waals surface area contributed by atoms with E-state index in [2.05, 4.69) is 20.2 Å². The van der Waals surface area contributed by atoms with Crippen LogP contribution in [0.3, 0.4) is 0 Å². The topological polar surface area (TPSA) is 97.6 Å². The number of oxazole rings is 1. The van der Waals surface area contributed by atoms with Crippen LogP contribution in [-0.4, -0.2) is 41.5 Å². The quantitative estimate of drug-likeness (QED) is 0.445. The molecule has 190 valence electrons. The third-order valence-electron chi connectivity index (χ3n) is 5.83. The van der Waals surface area contributed by atoms with Gasteiger partial charge in [-0.25, -0.2) is 9.97 Å². The van der Waals surface area contributed by atoms with E-state index in [0.29, 0.717) is 37.5 Å². The second-order valence-electron chi connectivity index (χ2n) is 8.36. The number of amides is 1. The van der Waals surface area contributed by atoms with Crippen LogP contribution in [0.2, 0.25) is 0 Å². The summed E-state index contributed by atoms with van der Waals surface area (Å²) in [5, 5.41) is 2.41. The highest BCUT2D eigenvalue weighted by Gasteiger charge is 2.42. The summed E-state index contributed by atoms with van der Waals surface area (Å²) < 4.78 is 50.5. The first kappa shape index (κ1) is 25.2. The zero-order chi connectivity index (χ0) is 25.7. The Hall–Kier alpha value is -3.89. The Morgan fingerprint density at radius 3 is 2.47 bits per heavy atom. The molecule has 0 unspecified atom stereocenters. The second-order valence-corrected chi connectivity index (χ2v) is 8.36. The maximum atomic E-state index is 13.5. The van der Waals surface area contributed by atoms with Crippen LogP contribution in [0.15, 0.2) is 53.1 Å². The number of carbonyl (C=O) groups is 2. The number of nitrogens with one attached hydrogen (secondary N) is 1. The predicted octanol–water partition coefficient (Wildman–Crippen LogP) is 5.18. The largest absolute Gasteiger partial charge is 0.466 e. The molecule has 11 heteroatoms. The monoisotopic (exact) mass is 502 g/mol. The summed E-state index contributed by atoms with van der Waals surface area (Å²) >= 11 is 0. The Kier molecular flexibility index (Phi) is 7.56. The number of esters is 1. The Labute approximate surface area is 205 Å². The van der Waals surface area contributed by atoms with Gasteiger partial charge >= 0.3 is 12.1 Å². The molecule has 0 atom stereocenters. The second kappa shape index (κ2) is 10.8. The number of nitrogens with zero attached hydrogens (tertiary/aromatic N) is 3. The molecular weight excluding hydrogens is 477 g/mol. The van der Waals surface area contributed by atoms with Gasteiger partial charge < -0.3 is 19.4 Å². The van der Waals surface area contributed by atoms with Crippen molar-refractivity contribution >= 4 is 23.4 Å². The van der Waals surface area contributed by atoms with E-state index in [0.717, 1.165) is 12.8 Å². The smallest absolute Gasteiger partial charge is 0.452 e. The molecule has 4 rings (SSSR count). The average molecular weight is 502 g/mol. The van der Waals surface area contributed by atoms with Crippen LogP contribution in [-0.2, 0) is 15.7 Å². The molecule has 1 aliphatic heterocycles. The van der Waals surface area contributed by atoms with E-state index in [4.69, 9.17) is 9.15 Å². The third kappa shape index (κ3) is 6.02. The molecule has 0 radical (unpaired) electrons. The van der Waals surface area contributed by atoms with Gasteiger partial charge in [-0.15, -0.1) is 0 Å². The van der Waals surface area contributed by atoms with E-state index in [1.807, 2.05) is 0 Å². The van der Waals surface area contributed by atoms with E-state index in [1.165, 1.54) is 18.3 Å². The van der Waals surface area contributed by atoms with Crippen molar-refractivity contribution in [2.45, 2.75) is 32.4 Å². The van der Waals surface area contributed by atoms with Crippen molar-refractivity contribution < 1.29 is 31.9 Å². The zero-order valence-electron chi connectivity index (χ0n) is 19.5. The minimum Gasteiger partial charge on any atom is -0.466 e. The van der Waals surface area contributed by atoms with Crippen LogP contribution in [0.25, 0.3) is 11.5 Å². The van der Waals surface area contributed by atoms with Crippen molar-refractivity contribution in [3.05, 3.63) is 60.1 Å². The van der Waals surface area contributed by atoms with Gasteiger partial charge in [-0.1, -0.05) is 18.2 Å². The van der Waals surface area contributed by atoms with Crippen molar-refractivity contribution in [2.75, 3.05) is 29.9 Å². The van der Waals surface area contributed by atoms with Gasteiger partial charge in [0.05, 0.1) is 18.5 Å². The van der Waals surface area contributed by atoms with Crippen LogP contribution in [0.1, 0.15) is 42.4 Å². The molecule has 1 aliphatic rings. The minimum absolute atomic E-state index is 0.189. The van der Waals surface area contributed by atoms with Crippen molar-refractivity contribution in [2.24, 2.45) is 5.92 Å². The highest BCUT2D eigenvalue weighted by molar-refractivity contribution is 6.04. The summed E-state index contributed by atoms with van der Waals surface area (Å²) in [6.07, 6.45) is -1.49. The summed E-state index contributed by atoms with van der Waals surface area (Å²) in [6.45, 7) is 3.56. The Balaban J connectivity index is 1.41. The van der Waals surface area contributed by atoms with Crippen LogP contribution >= 0.6 is 0 Å². The molecule has 3 aromatic rings. The number of alkyl halides is 3. The van der Waals surface area contributed by atoms with Crippen LogP contribution in [0.5, 0.6) is 0 Å². The third-order valence-corrected chi connectivity index (χ3v) is 5.83.